The molecule has 10 aromatic rings. The molecule has 1 heteroatoms. The first-order valence-electron chi connectivity index (χ1n) is 19.8. The molecule has 0 radical (unpaired) electrons. The van der Waals surface area contributed by atoms with Crippen molar-refractivity contribution < 1.29 is 0 Å². The molecule has 0 spiro atoms. The van der Waals surface area contributed by atoms with Crippen molar-refractivity contribution >= 4 is 49.4 Å². The van der Waals surface area contributed by atoms with Gasteiger partial charge in [0.2, 0.25) is 0 Å². The topological polar surface area (TPSA) is 3.24 Å². The zero-order valence-corrected chi connectivity index (χ0v) is 32.2. The number of anilines is 3. The summed E-state index contributed by atoms with van der Waals surface area (Å²) in [6, 6.07) is 77.6. The van der Waals surface area contributed by atoms with Gasteiger partial charge < -0.3 is 4.90 Å². The number of hydrogen-bond acceptors (Lipinski definition) is 1. The highest BCUT2D eigenvalue weighted by molar-refractivity contribution is 6.08. The average Bonchev–Trinajstić information content (AvgIpc) is 3.27. The van der Waals surface area contributed by atoms with E-state index >= 15 is 0 Å². The largest absolute Gasteiger partial charge is 0.310 e. The summed E-state index contributed by atoms with van der Waals surface area (Å²) < 4.78 is 0. The summed E-state index contributed by atoms with van der Waals surface area (Å²) in [5.74, 6) is 0. The highest BCUT2D eigenvalue weighted by atomic mass is 15.1. The van der Waals surface area contributed by atoms with Gasteiger partial charge in [-0.05, 0) is 133 Å². The lowest BCUT2D eigenvalue weighted by Crippen LogP contribution is -2.10. The minimum Gasteiger partial charge on any atom is -0.310 e. The minimum atomic E-state index is 1.10. The molecule has 0 atom stereocenters. The number of aryl methyl sites for hydroxylation is 2. The summed E-state index contributed by atoms with van der Waals surface area (Å²) in [6.45, 7) is 4.40. The summed E-state index contributed by atoms with van der Waals surface area (Å²) in [4.78, 5) is 2.42. The predicted octanol–water partition coefficient (Wildman–Crippen LogP) is 15.9. The van der Waals surface area contributed by atoms with Crippen LogP contribution in [0.2, 0.25) is 0 Å². The van der Waals surface area contributed by atoms with Crippen molar-refractivity contribution in [3.8, 4) is 44.5 Å². The van der Waals surface area contributed by atoms with E-state index in [4.69, 9.17) is 0 Å². The third-order valence-corrected chi connectivity index (χ3v) is 11.5. The van der Waals surface area contributed by atoms with E-state index < -0.39 is 0 Å². The molecular formula is C56H41N. The van der Waals surface area contributed by atoms with E-state index in [0.29, 0.717) is 0 Å². The van der Waals surface area contributed by atoms with Crippen LogP contribution < -0.4 is 4.90 Å². The lowest BCUT2D eigenvalue weighted by Gasteiger charge is -2.28. The van der Waals surface area contributed by atoms with Crippen LogP contribution in [0, 0.1) is 13.8 Å². The third kappa shape index (κ3) is 6.24. The van der Waals surface area contributed by atoms with Crippen LogP contribution in [0.5, 0.6) is 0 Å². The Morgan fingerprint density at radius 1 is 0.298 bits per heavy atom. The Balaban J connectivity index is 1.11. The molecule has 0 bridgehead atoms. The van der Waals surface area contributed by atoms with E-state index in [0.717, 1.165) is 17.1 Å². The van der Waals surface area contributed by atoms with Gasteiger partial charge in [0, 0.05) is 16.8 Å². The van der Waals surface area contributed by atoms with Crippen LogP contribution in [0.15, 0.2) is 212 Å². The molecule has 0 saturated heterocycles. The summed E-state index contributed by atoms with van der Waals surface area (Å²) >= 11 is 0. The van der Waals surface area contributed by atoms with Crippen molar-refractivity contribution in [3.05, 3.63) is 223 Å². The van der Waals surface area contributed by atoms with Crippen LogP contribution in [0.1, 0.15) is 11.1 Å². The van der Waals surface area contributed by atoms with Gasteiger partial charge in [-0.25, -0.2) is 0 Å². The Morgan fingerprint density at radius 3 is 1.39 bits per heavy atom. The maximum atomic E-state index is 2.42. The first-order valence-corrected chi connectivity index (χ1v) is 19.8. The van der Waals surface area contributed by atoms with Crippen LogP contribution in [0.25, 0.3) is 76.8 Å². The van der Waals surface area contributed by atoms with Crippen molar-refractivity contribution in [1.29, 1.82) is 0 Å². The Labute approximate surface area is 334 Å². The van der Waals surface area contributed by atoms with Crippen molar-refractivity contribution in [2.75, 3.05) is 4.90 Å². The molecule has 0 unspecified atom stereocenters. The second kappa shape index (κ2) is 14.5. The lowest BCUT2D eigenvalue weighted by atomic mass is 9.92. The Morgan fingerprint density at radius 2 is 0.754 bits per heavy atom. The van der Waals surface area contributed by atoms with Gasteiger partial charge in [0.25, 0.3) is 0 Å². The normalized spacial score (nSPS) is 11.3. The summed E-state index contributed by atoms with van der Waals surface area (Å²) in [5, 5.41) is 7.44. The monoisotopic (exact) mass is 727 g/mol. The van der Waals surface area contributed by atoms with Crippen molar-refractivity contribution in [2.45, 2.75) is 13.8 Å². The Bertz CT molecular complexity index is 3050. The fourth-order valence-corrected chi connectivity index (χ4v) is 8.77. The number of fused-ring (bicyclic) bond motifs is 3. The van der Waals surface area contributed by atoms with Gasteiger partial charge in [-0.15, -0.1) is 0 Å². The Hall–Kier alpha value is -7.22. The third-order valence-electron chi connectivity index (χ3n) is 11.5. The summed E-state index contributed by atoms with van der Waals surface area (Å²) in [5.41, 5.74) is 15.8. The van der Waals surface area contributed by atoms with Gasteiger partial charge >= 0.3 is 0 Å². The van der Waals surface area contributed by atoms with Crippen molar-refractivity contribution in [2.24, 2.45) is 0 Å². The minimum absolute atomic E-state index is 1.10. The van der Waals surface area contributed by atoms with Crippen molar-refractivity contribution in [1.82, 2.24) is 0 Å². The number of nitrogens with zero attached hydrogens (tertiary/aromatic N) is 1. The first kappa shape index (κ1) is 34.3. The molecule has 0 saturated carbocycles. The molecule has 0 aromatic heterocycles. The Kier molecular flexibility index (Phi) is 8.69. The first-order chi connectivity index (χ1) is 28.1. The average molecular weight is 728 g/mol. The molecule has 0 aliphatic heterocycles. The van der Waals surface area contributed by atoms with Crippen LogP contribution in [0.4, 0.5) is 17.1 Å². The maximum Gasteiger partial charge on any atom is 0.0540 e. The SMILES string of the molecule is Cc1cccc(C)c1-c1ccc(N(c2ccc(-c3ccc(-c4ccccc4)c4ccccc34)cc2)c2ccc(-c3ccc4ccccc4c3)c3ccccc23)cc1. The highest BCUT2D eigenvalue weighted by Crippen LogP contribution is 2.44. The molecule has 0 aliphatic rings. The smallest absolute Gasteiger partial charge is 0.0540 e. The van der Waals surface area contributed by atoms with Gasteiger partial charge in [0.15, 0.2) is 0 Å². The van der Waals surface area contributed by atoms with Crippen molar-refractivity contribution in [3.63, 3.8) is 0 Å². The summed E-state index contributed by atoms with van der Waals surface area (Å²) in [6.07, 6.45) is 0. The van der Waals surface area contributed by atoms with Gasteiger partial charge in [0.05, 0.1) is 5.69 Å². The summed E-state index contributed by atoms with van der Waals surface area (Å²) in [7, 11) is 0. The predicted molar refractivity (Wildman–Crippen MR) is 245 cm³/mol. The van der Waals surface area contributed by atoms with E-state index in [-0.39, 0.29) is 0 Å². The second-order valence-electron chi connectivity index (χ2n) is 15.0. The van der Waals surface area contributed by atoms with E-state index in [2.05, 4.69) is 231 Å². The molecule has 10 aromatic carbocycles. The van der Waals surface area contributed by atoms with E-state index in [1.807, 2.05) is 0 Å². The molecule has 1 nitrogen and oxygen atoms in total. The van der Waals surface area contributed by atoms with Gasteiger partial charge in [0.1, 0.15) is 0 Å². The van der Waals surface area contributed by atoms with Gasteiger partial charge in [-0.1, -0.05) is 176 Å². The zero-order valence-electron chi connectivity index (χ0n) is 32.2. The number of rotatable bonds is 7. The molecule has 10 rings (SSSR count). The van der Waals surface area contributed by atoms with E-state index in [9.17, 15) is 0 Å². The lowest BCUT2D eigenvalue weighted by molar-refractivity contribution is 1.29. The fraction of sp³-hybridized carbons (Fsp3) is 0.0357. The number of hydrogen-bond donors (Lipinski definition) is 0. The molecule has 270 valence electrons. The molecule has 0 heterocycles. The van der Waals surface area contributed by atoms with Gasteiger partial charge in [-0.2, -0.15) is 0 Å². The molecule has 0 fully saturated rings. The molecule has 57 heavy (non-hydrogen) atoms. The van der Waals surface area contributed by atoms with Crippen LogP contribution in [-0.4, -0.2) is 0 Å². The standard InChI is InChI=1S/C56H41N/c1-38-13-12-14-39(2)56(38)43-27-31-47(32-28-43)57(55-36-35-50(53-21-10-11-22-54(53)55)45-24-23-40-15-6-7-18-44(40)37-45)46-29-25-42(26-30-46)49-34-33-48(41-16-4-3-5-17-41)51-19-8-9-20-52(49)51/h3-37H,1-2H3. The molecule has 0 N–H and O–H groups in total. The van der Waals surface area contributed by atoms with E-state index in [1.165, 1.54) is 88.0 Å². The quantitative estimate of drug-likeness (QED) is 0.158. The van der Waals surface area contributed by atoms with Crippen LogP contribution >= 0.6 is 0 Å². The molecule has 0 aliphatic carbocycles. The number of benzene rings is 10. The fourth-order valence-electron chi connectivity index (χ4n) is 8.77. The van der Waals surface area contributed by atoms with Gasteiger partial charge in [-0.3, -0.25) is 0 Å². The van der Waals surface area contributed by atoms with Crippen LogP contribution in [0.3, 0.4) is 0 Å². The van der Waals surface area contributed by atoms with E-state index in [1.54, 1.807) is 0 Å². The maximum absolute atomic E-state index is 2.42. The van der Waals surface area contributed by atoms with Crippen LogP contribution in [-0.2, 0) is 0 Å². The second-order valence-corrected chi connectivity index (χ2v) is 15.0. The molecule has 0 amide bonds. The highest BCUT2D eigenvalue weighted by Gasteiger charge is 2.19. The zero-order chi connectivity index (χ0) is 38.3. The molecular weight excluding hydrogens is 687 g/mol.